The Labute approximate surface area is 163 Å². The molecular weight excluding hydrogens is 360 g/mol. The highest BCUT2D eigenvalue weighted by atomic mass is 16.5. The zero-order valence-electron chi connectivity index (χ0n) is 15.7. The van der Waals surface area contributed by atoms with Gasteiger partial charge < -0.3 is 20.1 Å². The number of amides is 2. The van der Waals surface area contributed by atoms with Crippen molar-refractivity contribution in [3.8, 4) is 5.75 Å². The standard InChI is InChI=1S/C21H22N2O5/c1-13-8-9-17-15(10-13)23-20(25)18(28-17)12-19(24)22-16(21(26)27-2)11-14-6-4-3-5-7-14/h3-10,16,18H,11-12H2,1-2H3,(H,22,24)(H,23,25). The van der Waals surface area contributed by atoms with Gasteiger partial charge in [0.25, 0.3) is 5.91 Å². The number of ether oxygens (including phenoxy) is 2. The molecule has 0 aromatic heterocycles. The predicted molar refractivity (Wildman–Crippen MR) is 103 cm³/mol. The van der Waals surface area contributed by atoms with Crippen LogP contribution in [0.1, 0.15) is 17.5 Å². The Morgan fingerprint density at radius 3 is 2.68 bits per heavy atom. The predicted octanol–water partition coefficient (Wildman–Crippen LogP) is 1.99. The van der Waals surface area contributed by atoms with Gasteiger partial charge in [0.1, 0.15) is 11.8 Å². The van der Waals surface area contributed by atoms with E-state index in [1.807, 2.05) is 43.3 Å². The Morgan fingerprint density at radius 2 is 1.96 bits per heavy atom. The lowest BCUT2D eigenvalue weighted by atomic mass is 10.1. The SMILES string of the molecule is COC(=O)C(Cc1ccccc1)NC(=O)CC1Oc2ccc(C)cc2NC1=O. The molecule has 28 heavy (non-hydrogen) atoms. The average Bonchev–Trinajstić information content (AvgIpc) is 2.68. The Morgan fingerprint density at radius 1 is 1.21 bits per heavy atom. The number of anilines is 1. The molecule has 1 aliphatic rings. The van der Waals surface area contributed by atoms with Gasteiger partial charge in [0, 0.05) is 6.42 Å². The van der Waals surface area contributed by atoms with Crippen LogP contribution in [0.15, 0.2) is 48.5 Å². The van der Waals surface area contributed by atoms with Gasteiger partial charge in [-0.25, -0.2) is 4.79 Å². The van der Waals surface area contributed by atoms with Crippen LogP contribution >= 0.6 is 0 Å². The Bertz CT molecular complexity index is 882. The van der Waals surface area contributed by atoms with E-state index < -0.39 is 29.9 Å². The summed E-state index contributed by atoms with van der Waals surface area (Å²) in [5.74, 6) is -0.906. The van der Waals surface area contributed by atoms with Crippen molar-refractivity contribution < 1.29 is 23.9 Å². The molecule has 2 aromatic rings. The normalized spacial score (nSPS) is 16.2. The third kappa shape index (κ3) is 4.68. The van der Waals surface area contributed by atoms with Crippen LogP contribution in [-0.4, -0.2) is 37.0 Å². The first-order valence-corrected chi connectivity index (χ1v) is 8.95. The second-order valence-electron chi connectivity index (χ2n) is 6.63. The number of carbonyl (C=O) groups excluding carboxylic acids is 3. The molecule has 2 aromatic carbocycles. The largest absolute Gasteiger partial charge is 0.478 e. The van der Waals surface area contributed by atoms with E-state index in [4.69, 9.17) is 9.47 Å². The van der Waals surface area contributed by atoms with E-state index in [1.54, 1.807) is 12.1 Å². The lowest BCUT2D eigenvalue weighted by Gasteiger charge is -2.26. The lowest BCUT2D eigenvalue weighted by molar-refractivity contribution is -0.145. The van der Waals surface area contributed by atoms with E-state index in [9.17, 15) is 14.4 Å². The van der Waals surface area contributed by atoms with E-state index >= 15 is 0 Å². The molecule has 1 aliphatic heterocycles. The highest BCUT2D eigenvalue weighted by Crippen LogP contribution is 2.31. The third-order valence-corrected chi connectivity index (χ3v) is 4.43. The summed E-state index contributed by atoms with van der Waals surface area (Å²) >= 11 is 0. The highest BCUT2D eigenvalue weighted by molar-refractivity contribution is 6.00. The minimum atomic E-state index is -0.967. The smallest absolute Gasteiger partial charge is 0.328 e. The number of rotatable bonds is 6. The quantitative estimate of drug-likeness (QED) is 0.745. The number of aryl methyl sites for hydroxylation is 1. The fourth-order valence-corrected chi connectivity index (χ4v) is 3.01. The number of hydrogen-bond donors (Lipinski definition) is 2. The molecule has 0 bridgehead atoms. The van der Waals surface area contributed by atoms with Crippen LogP contribution in [-0.2, 0) is 25.5 Å². The van der Waals surface area contributed by atoms with Crippen LogP contribution < -0.4 is 15.4 Å². The number of benzene rings is 2. The summed E-state index contributed by atoms with van der Waals surface area (Å²) in [5, 5.41) is 5.39. The molecule has 2 amide bonds. The monoisotopic (exact) mass is 382 g/mol. The second kappa shape index (κ2) is 8.56. The van der Waals surface area contributed by atoms with Crippen molar-refractivity contribution in [3.63, 3.8) is 0 Å². The molecule has 7 nitrogen and oxygen atoms in total. The average molecular weight is 382 g/mol. The molecule has 7 heteroatoms. The first-order chi connectivity index (χ1) is 13.5. The van der Waals surface area contributed by atoms with Crippen molar-refractivity contribution in [1.82, 2.24) is 5.32 Å². The van der Waals surface area contributed by atoms with Gasteiger partial charge in [0.05, 0.1) is 19.2 Å². The van der Waals surface area contributed by atoms with Crippen LogP contribution in [0.2, 0.25) is 0 Å². The number of hydrogen-bond acceptors (Lipinski definition) is 5. The molecule has 2 atom stereocenters. The van der Waals surface area contributed by atoms with Crippen LogP contribution in [0.4, 0.5) is 5.69 Å². The Balaban J connectivity index is 1.65. The topological polar surface area (TPSA) is 93.7 Å². The minimum Gasteiger partial charge on any atom is -0.478 e. The first-order valence-electron chi connectivity index (χ1n) is 8.95. The van der Waals surface area contributed by atoms with Crippen LogP contribution in [0.5, 0.6) is 5.75 Å². The second-order valence-corrected chi connectivity index (χ2v) is 6.63. The molecule has 0 saturated heterocycles. The molecule has 146 valence electrons. The molecule has 0 radical (unpaired) electrons. The van der Waals surface area contributed by atoms with Gasteiger partial charge in [-0.2, -0.15) is 0 Å². The zero-order chi connectivity index (χ0) is 20.1. The fourth-order valence-electron chi connectivity index (χ4n) is 3.01. The van der Waals surface area contributed by atoms with Crippen molar-refractivity contribution in [2.24, 2.45) is 0 Å². The van der Waals surface area contributed by atoms with E-state index in [0.717, 1.165) is 11.1 Å². The zero-order valence-corrected chi connectivity index (χ0v) is 15.7. The maximum absolute atomic E-state index is 12.5. The number of carbonyl (C=O) groups is 3. The molecule has 0 aliphatic carbocycles. The van der Waals surface area contributed by atoms with Crippen LogP contribution in [0.3, 0.4) is 0 Å². The van der Waals surface area contributed by atoms with Crippen molar-refractivity contribution in [1.29, 1.82) is 0 Å². The van der Waals surface area contributed by atoms with E-state index in [-0.39, 0.29) is 6.42 Å². The van der Waals surface area contributed by atoms with E-state index in [2.05, 4.69) is 10.6 Å². The number of fused-ring (bicyclic) bond motifs is 1. The molecule has 0 saturated carbocycles. The summed E-state index contributed by atoms with van der Waals surface area (Å²) < 4.78 is 10.5. The van der Waals surface area contributed by atoms with Gasteiger partial charge >= 0.3 is 5.97 Å². The van der Waals surface area contributed by atoms with Gasteiger partial charge in [0.2, 0.25) is 5.91 Å². The van der Waals surface area contributed by atoms with Gasteiger partial charge in [-0.1, -0.05) is 36.4 Å². The van der Waals surface area contributed by atoms with Gasteiger partial charge in [-0.05, 0) is 30.2 Å². The van der Waals surface area contributed by atoms with Crippen molar-refractivity contribution in [2.45, 2.75) is 31.9 Å². The molecule has 3 rings (SSSR count). The van der Waals surface area contributed by atoms with Crippen LogP contribution in [0.25, 0.3) is 0 Å². The molecule has 0 fully saturated rings. The van der Waals surface area contributed by atoms with Crippen molar-refractivity contribution >= 4 is 23.5 Å². The summed E-state index contributed by atoms with van der Waals surface area (Å²) in [5.41, 5.74) is 2.45. The fraction of sp³-hybridized carbons (Fsp3) is 0.286. The summed E-state index contributed by atoms with van der Waals surface area (Å²) in [7, 11) is 1.27. The molecule has 2 unspecified atom stereocenters. The number of nitrogens with one attached hydrogen (secondary N) is 2. The molecule has 0 spiro atoms. The number of methoxy groups -OCH3 is 1. The third-order valence-electron chi connectivity index (χ3n) is 4.43. The van der Waals surface area contributed by atoms with Gasteiger partial charge in [0.15, 0.2) is 6.10 Å². The van der Waals surface area contributed by atoms with Gasteiger partial charge in [-0.15, -0.1) is 0 Å². The maximum Gasteiger partial charge on any atom is 0.328 e. The summed E-state index contributed by atoms with van der Waals surface area (Å²) in [6, 6.07) is 13.9. The first kappa shape index (κ1) is 19.4. The summed E-state index contributed by atoms with van der Waals surface area (Å²) in [6.45, 7) is 1.91. The summed E-state index contributed by atoms with van der Waals surface area (Å²) in [6.07, 6.45) is -0.884. The van der Waals surface area contributed by atoms with Gasteiger partial charge in [-0.3, -0.25) is 9.59 Å². The lowest BCUT2D eigenvalue weighted by Crippen LogP contribution is -2.46. The molecular formula is C21H22N2O5. The molecule has 2 N–H and O–H groups in total. The van der Waals surface area contributed by atoms with E-state index in [1.165, 1.54) is 7.11 Å². The van der Waals surface area contributed by atoms with Crippen molar-refractivity contribution in [2.75, 3.05) is 12.4 Å². The number of esters is 1. The summed E-state index contributed by atoms with van der Waals surface area (Å²) in [4.78, 5) is 36.8. The Hall–Kier alpha value is -3.35. The maximum atomic E-state index is 12.5. The Kier molecular flexibility index (Phi) is 5.93. The molecule has 1 heterocycles. The highest BCUT2D eigenvalue weighted by Gasteiger charge is 2.31. The minimum absolute atomic E-state index is 0.207. The van der Waals surface area contributed by atoms with Crippen molar-refractivity contribution in [3.05, 3.63) is 59.7 Å². The van der Waals surface area contributed by atoms with E-state index in [0.29, 0.717) is 17.9 Å². The van der Waals surface area contributed by atoms with Crippen LogP contribution in [0, 0.1) is 6.92 Å².